The van der Waals surface area contributed by atoms with E-state index in [1.165, 1.54) is 23.1 Å². The molecule has 0 bridgehead atoms. The zero-order chi connectivity index (χ0) is 16.5. The number of aromatic nitrogens is 2. The van der Waals surface area contributed by atoms with Gasteiger partial charge < -0.3 is 4.90 Å². The highest BCUT2D eigenvalue weighted by molar-refractivity contribution is 8.01. The maximum Gasteiger partial charge on any atom is 0.238 e. The zero-order valence-corrected chi connectivity index (χ0v) is 15.4. The lowest BCUT2D eigenvalue weighted by molar-refractivity contribution is -0.116. The SMILES string of the molecule is Cc1nnc(SCC(=O)N2c3ccccc3S[C@H]3C=CC=C[C@H]32)s1. The van der Waals surface area contributed by atoms with Crippen molar-refractivity contribution in [2.45, 2.75) is 27.5 Å². The Bertz CT molecular complexity index is 830. The molecule has 1 aliphatic carbocycles. The standard InChI is InChI=1S/C17H15N3OS3/c1-11-18-19-17(23-11)22-10-16(21)20-12-6-2-4-8-14(12)24-15-9-5-3-7-13(15)20/h2-9,12,14H,10H2,1H3/t12-,14+/m1/s1. The van der Waals surface area contributed by atoms with E-state index in [1.807, 2.05) is 47.9 Å². The first-order chi connectivity index (χ1) is 11.7. The molecule has 4 nitrogen and oxygen atoms in total. The van der Waals surface area contributed by atoms with Crippen molar-refractivity contribution in [3.8, 4) is 0 Å². The number of para-hydroxylation sites is 1. The predicted octanol–water partition coefficient (Wildman–Crippen LogP) is 3.94. The van der Waals surface area contributed by atoms with Crippen LogP contribution in [0.1, 0.15) is 5.01 Å². The van der Waals surface area contributed by atoms with Crippen LogP contribution in [0.4, 0.5) is 5.69 Å². The molecule has 7 heteroatoms. The van der Waals surface area contributed by atoms with E-state index in [4.69, 9.17) is 0 Å². The molecule has 0 fully saturated rings. The number of fused-ring (bicyclic) bond motifs is 2. The lowest BCUT2D eigenvalue weighted by atomic mass is 10.0. The van der Waals surface area contributed by atoms with Crippen molar-refractivity contribution in [1.29, 1.82) is 0 Å². The third kappa shape index (κ3) is 3.03. The monoisotopic (exact) mass is 373 g/mol. The van der Waals surface area contributed by atoms with Gasteiger partial charge in [-0.1, -0.05) is 59.5 Å². The number of benzene rings is 1. The first-order valence-electron chi connectivity index (χ1n) is 7.58. The number of amides is 1. The average molecular weight is 374 g/mol. The van der Waals surface area contributed by atoms with Crippen LogP contribution >= 0.6 is 34.9 Å². The average Bonchev–Trinajstić information content (AvgIpc) is 3.03. The molecule has 1 aromatic heterocycles. The van der Waals surface area contributed by atoms with E-state index in [2.05, 4.69) is 34.5 Å². The number of rotatable bonds is 3. The number of allylic oxidation sites excluding steroid dienone is 2. The van der Waals surface area contributed by atoms with E-state index in [0.29, 0.717) is 5.75 Å². The summed E-state index contributed by atoms with van der Waals surface area (Å²) >= 11 is 4.81. The minimum absolute atomic E-state index is 0.0687. The fourth-order valence-corrected chi connectivity index (χ4v) is 5.74. The summed E-state index contributed by atoms with van der Waals surface area (Å²) in [5.74, 6) is 0.476. The van der Waals surface area contributed by atoms with Gasteiger partial charge in [0.2, 0.25) is 5.91 Å². The van der Waals surface area contributed by atoms with Gasteiger partial charge in [-0.15, -0.1) is 22.0 Å². The largest absolute Gasteiger partial charge is 0.302 e. The third-order valence-corrected chi connectivity index (χ3v) is 7.10. The highest BCUT2D eigenvalue weighted by atomic mass is 32.2. The Balaban J connectivity index is 1.60. The number of nitrogens with zero attached hydrogens (tertiary/aromatic N) is 3. The van der Waals surface area contributed by atoms with Gasteiger partial charge in [0, 0.05) is 4.90 Å². The number of thioether (sulfide) groups is 2. The van der Waals surface area contributed by atoms with Crippen molar-refractivity contribution in [2.24, 2.45) is 0 Å². The van der Waals surface area contributed by atoms with Crippen LogP contribution < -0.4 is 4.90 Å². The predicted molar refractivity (Wildman–Crippen MR) is 101 cm³/mol. The molecule has 24 heavy (non-hydrogen) atoms. The van der Waals surface area contributed by atoms with Gasteiger partial charge in [0.25, 0.3) is 0 Å². The van der Waals surface area contributed by atoms with E-state index in [0.717, 1.165) is 19.9 Å². The van der Waals surface area contributed by atoms with Gasteiger partial charge in [-0.25, -0.2) is 0 Å². The highest BCUT2D eigenvalue weighted by Gasteiger charge is 2.36. The summed E-state index contributed by atoms with van der Waals surface area (Å²) in [5.41, 5.74) is 1.00. The number of carbonyl (C=O) groups is 1. The Morgan fingerprint density at radius 2 is 2.08 bits per heavy atom. The lowest BCUT2D eigenvalue weighted by Gasteiger charge is -2.40. The van der Waals surface area contributed by atoms with Gasteiger partial charge in [-0.3, -0.25) is 4.79 Å². The topological polar surface area (TPSA) is 46.1 Å². The molecule has 4 rings (SSSR count). The summed E-state index contributed by atoms with van der Waals surface area (Å²) in [6.07, 6.45) is 8.37. The van der Waals surface area contributed by atoms with Crippen molar-refractivity contribution >= 4 is 46.5 Å². The van der Waals surface area contributed by atoms with Gasteiger partial charge >= 0.3 is 0 Å². The number of hydrogen-bond acceptors (Lipinski definition) is 6. The molecular formula is C17H15N3OS3. The summed E-state index contributed by atoms with van der Waals surface area (Å²) in [7, 11) is 0. The smallest absolute Gasteiger partial charge is 0.238 e. The van der Waals surface area contributed by atoms with E-state index in [-0.39, 0.29) is 17.2 Å². The Morgan fingerprint density at radius 1 is 1.25 bits per heavy atom. The molecule has 122 valence electrons. The van der Waals surface area contributed by atoms with Gasteiger partial charge in [-0.2, -0.15) is 0 Å². The molecule has 0 saturated heterocycles. The van der Waals surface area contributed by atoms with Crippen LogP contribution in [0.25, 0.3) is 0 Å². The summed E-state index contributed by atoms with van der Waals surface area (Å²) in [6, 6.07) is 8.20. The first kappa shape index (κ1) is 15.9. The Hall–Kier alpha value is -1.57. The quantitative estimate of drug-likeness (QED) is 0.763. The van der Waals surface area contributed by atoms with Crippen molar-refractivity contribution in [1.82, 2.24) is 10.2 Å². The van der Waals surface area contributed by atoms with E-state index < -0.39 is 0 Å². The maximum absolute atomic E-state index is 13.0. The molecule has 2 aliphatic rings. The number of aryl methyl sites for hydroxylation is 1. The minimum atomic E-state index is 0.0687. The van der Waals surface area contributed by atoms with E-state index in [9.17, 15) is 4.79 Å². The fraction of sp³-hybridized carbons (Fsp3) is 0.235. The molecule has 2 aromatic rings. The van der Waals surface area contributed by atoms with Crippen LogP contribution in [-0.2, 0) is 4.79 Å². The van der Waals surface area contributed by atoms with Crippen molar-refractivity contribution < 1.29 is 4.79 Å². The zero-order valence-electron chi connectivity index (χ0n) is 13.0. The molecule has 2 heterocycles. The normalized spacial score (nSPS) is 21.5. The summed E-state index contributed by atoms with van der Waals surface area (Å²) < 4.78 is 0.844. The molecule has 0 spiro atoms. The molecule has 0 radical (unpaired) electrons. The molecule has 1 aliphatic heterocycles. The fourth-order valence-electron chi connectivity index (χ4n) is 2.81. The Kier molecular flexibility index (Phi) is 4.47. The Labute approximate surface area is 153 Å². The van der Waals surface area contributed by atoms with Gasteiger partial charge in [0.1, 0.15) is 5.01 Å². The summed E-state index contributed by atoms with van der Waals surface area (Å²) in [5, 5.41) is 9.29. The summed E-state index contributed by atoms with van der Waals surface area (Å²) in [6.45, 7) is 1.92. The molecule has 0 unspecified atom stereocenters. The summed E-state index contributed by atoms with van der Waals surface area (Å²) in [4.78, 5) is 16.1. The van der Waals surface area contributed by atoms with Gasteiger partial charge in [0.05, 0.1) is 22.7 Å². The van der Waals surface area contributed by atoms with E-state index >= 15 is 0 Å². The van der Waals surface area contributed by atoms with Gasteiger partial charge in [-0.05, 0) is 19.1 Å². The second kappa shape index (κ2) is 6.74. The number of hydrogen-bond donors (Lipinski definition) is 0. The van der Waals surface area contributed by atoms with Crippen LogP contribution in [0.15, 0.2) is 57.8 Å². The second-order valence-corrected chi connectivity index (χ2v) is 9.07. The van der Waals surface area contributed by atoms with Crippen LogP contribution in [0.2, 0.25) is 0 Å². The van der Waals surface area contributed by atoms with Crippen LogP contribution in [0.5, 0.6) is 0 Å². The van der Waals surface area contributed by atoms with Crippen LogP contribution in [0.3, 0.4) is 0 Å². The molecular weight excluding hydrogens is 358 g/mol. The van der Waals surface area contributed by atoms with E-state index in [1.54, 1.807) is 0 Å². The molecule has 0 N–H and O–H groups in total. The van der Waals surface area contributed by atoms with Crippen LogP contribution in [0, 0.1) is 6.92 Å². The lowest BCUT2D eigenvalue weighted by Crippen LogP contribution is -2.48. The van der Waals surface area contributed by atoms with Gasteiger partial charge in [0.15, 0.2) is 4.34 Å². The molecule has 2 atom stereocenters. The molecule has 0 saturated carbocycles. The van der Waals surface area contributed by atoms with Crippen molar-refractivity contribution in [3.05, 3.63) is 53.6 Å². The first-order valence-corrected chi connectivity index (χ1v) is 10.3. The third-order valence-electron chi connectivity index (χ3n) is 3.84. The number of anilines is 1. The Morgan fingerprint density at radius 3 is 2.92 bits per heavy atom. The van der Waals surface area contributed by atoms with Crippen molar-refractivity contribution in [3.63, 3.8) is 0 Å². The second-order valence-electron chi connectivity index (χ2n) is 5.45. The number of carbonyl (C=O) groups excluding carboxylic acids is 1. The molecule has 1 amide bonds. The molecule has 1 aromatic carbocycles. The van der Waals surface area contributed by atoms with Crippen LogP contribution in [-0.4, -0.2) is 33.1 Å². The maximum atomic E-state index is 13.0. The minimum Gasteiger partial charge on any atom is -0.302 e. The van der Waals surface area contributed by atoms with Crippen molar-refractivity contribution in [2.75, 3.05) is 10.7 Å². The highest BCUT2D eigenvalue weighted by Crippen LogP contribution is 2.43.